The minimum atomic E-state index is -0.507. The molecule has 174 valence electrons. The van der Waals surface area contributed by atoms with Crippen molar-refractivity contribution in [1.29, 1.82) is 0 Å². The van der Waals surface area contributed by atoms with Crippen molar-refractivity contribution in [2.45, 2.75) is 26.4 Å². The number of carbonyl (C=O) groups excluding carboxylic acids is 1. The van der Waals surface area contributed by atoms with Crippen LogP contribution in [0.2, 0.25) is 5.02 Å². The van der Waals surface area contributed by atoms with Gasteiger partial charge in [-0.05, 0) is 24.1 Å². The molecule has 0 fully saturated rings. The van der Waals surface area contributed by atoms with Crippen LogP contribution in [0.1, 0.15) is 17.5 Å². The monoisotopic (exact) mass is 496 g/mol. The second kappa shape index (κ2) is 9.74. The van der Waals surface area contributed by atoms with E-state index in [1.54, 1.807) is 7.05 Å². The lowest BCUT2D eigenvalue weighted by Gasteiger charge is -2.18. The van der Waals surface area contributed by atoms with Crippen LogP contribution < -0.4 is 5.56 Å². The first-order valence-corrected chi connectivity index (χ1v) is 11.7. The van der Waals surface area contributed by atoms with Crippen molar-refractivity contribution < 1.29 is 9.72 Å². The molecule has 1 amide bonds. The molecule has 0 aliphatic heterocycles. The number of aryl methyl sites for hydroxylation is 2. The second-order valence-electron chi connectivity index (χ2n) is 7.97. The van der Waals surface area contributed by atoms with Gasteiger partial charge in [-0.1, -0.05) is 41.4 Å². The highest BCUT2D eigenvalue weighted by atomic mass is 35.5. The first kappa shape index (κ1) is 23.6. The molecule has 0 atom stereocenters. The zero-order valence-corrected chi connectivity index (χ0v) is 20.1. The molecule has 0 saturated carbocycles. The van der Waals surface area contributed by atoms with Crippen LogP contribution in [0.15, 0.2) is 59.0 Å². The van der Waals surface area contributed by atoms with Crippen LogP contribution >= 0.6 is 22.9 Å². The molecule has 0 aliphatic rings. The molecule has 0 N–H and O–H groups in total. The number of nitro groups is 1. The molecular weight excluding hydrogens is 476 g/mol. The molecule has 0 spiro atoms. The van der Waals surface area contributed by atoms with E-state index in [2.05, 4.69) is 4.98 Å². The second-order valence-corrected chi connectivity index (χ2v) is 9.24. The molecule has 0 bridgehead atoms. The van der Waals surface area contributed by atoms with Gasteiger partial charge in [0, 0.05) is 54.7 Å². The van der Waals surface area contributed by atoms with Gasteiger partial charge in [-0.25, -0.2) is 4.98 Å². The number of non-ortho nitro benzene ring substituents is 1. The van der Waals surface area contributed by atoms with Crippen LogP contribution in [-0.2, 0) is 17.9 Å². The van der Waals surface area contributed by atoms with Crippen LogP contribution in [0, 0.1) is 17.0 Å². The Morgan fingerprint density at radius 2 is 1.97 bits per heavy atom. The molecule has 8 nitrogen and oxygen atoms in total. The highest BCUT2D eigenvalue weighted by Crippen LogP contribution is 2.30. The number of amides is 1. The van der Waals surface area contributed by atoms with Gasteiger partial charge in [0.05, 0.1) is 16.6 Å². The molecule has 10 heteroatoms. The van der Waals surface area contributed by atoms with Crippen molar-refractivity contribution in [2.75, 3.05) is 7.05 Å². The number of hydrogen-bond acceptors (Lipinski definition) is 6. The fraction of sp³-hybridized carbons (Fsp3) is 0.208. The van der Waals surface area contributed by atoms with E-state index in [0.717, 1.165) is 16.7 Å². The molecule has 0 aliphatic carbocycles. The van der Waals surface area contributed by atoms with Crippen molar-refractivity contribution in [1.82, 2.24) is 14.5 Å². The molecule has 34 heavy (non-hydrogen) atoms. The minimum absolute atomic E-state index is 0.0696. The average Bonchev–Trinajstić information content (AvgIpc) is 3.25. The van der Waals surface area contributed by atoms with Gasteiger partial charge in [0.25, 0.3) is 11.2 Å². The summed E-state index contributed by atoms with van der Waals surface area (Å²) in [6.45, 7) is 2.29. The van der Waals surface area contributed by atoms with Gasteiger partial charge in [0.15, 0.2) is 0 Å². The van der Waals surface area contributed by atoms with Crippen LogP contribution in [0.3, 0.4) is 0 Å². The SMILES string of the molecule is Cc1ccc(-c2csc3ncn(CCC(=O)N(C)Cc4cc([N+](=O)[O-])ccc4Cl)c(=O)c23)cc1. The van der Waals surface area contributed by atoms with E-state index in [9.17, 15) is 19.7 Å². The number of hydrogen-bond donors (Lipinski definition) is 0. The largest absolute Gasteiger partial charge is 0.341 e. The van der Waals surface area contributed by atoms with E-state index >= 15 is 0 Å². The van der Waals surface area contributed by atoms with Crippen molar-refractivity contribution >= 4 is 44.7 Å². The average molecular weight is 497 g/mol. The van der Waals surface area contributed by atoms with Crippen LogP contribution in [0.25, 0.3) is 21.3 Å². The third kappa shape index (κ3) is 4.85. The standard InChI is InChI=1S/C24H21ClN4O4S/c1-15-3-5-16(6-4-15)19-13-34-23-22(19)24(31)28(14-26-23)10-9-21(30)27(2)12-17-11-18(29(32)33)7-8-20(17)25/h3-8,11,13-14H,9-10,12H2,1-2H3. The van der Waals surface area contributed by atoms with E-state index in [-0.39, 0.29) is 36.7 Å². The van der Waals surface area contributed by atoms with Gasteiger partial charge in [0.2, 0.25) is 5.91 Å². The van der Waals surface area contributed by atoms with Gasteiger partial charge in [0.1, 0.15) is 4.83 Å². The Hall–Kier alpha value is -3.56. The third-order valence-electron chi connectivity index (χ3n) is 5.56. The number of halogens is 1. The smallest absolute Gasteiger partial charge is 0.269 e. The Morgan fingerprint density at radius 3 is 2.68 bits per heavy atom. The van der Waals surface area contributed by atoms with Gasteiger partial charge in [-0.3, -0.25) is 24.3 Å². The topological polar surface area (TPSA) is 98.3 Å². The Bertz CT molecular complexity index is 1450. The Kier molecular flexibility index (Phi) is 6.76. The van der Waals surface area contributed by atoms with Gasteiger partial charge < -0.3 is 4.90 Å². The van der Waals surface area contributed by atoms with Gasteiger partial charge in [-0.15, -0.1) is 11.3 Å². The molecule has 0 unspecified atom stereocenters. The number of carbonyl (C=O) groups is 1. The Morgan fingerprint density at radius 1 is 1.24 bits per heavy atom. The fourth-order valence-electron chi connectivity index (χ4n) is 3.62. The summed E-state index contributed by atoms with van der Waals surface area (Å²) in [5.74, 6) is -0.223. The zero-order chi connectivity index (χ0) is 24.4. The summed E-state index contributed by atoms with van der Waals surface area (Å²) < 4.78 is 1.44. The number of thiophene rings is 1. The Labute approximate surface area is 204 Å². The summed E-state index contributed by atoms with van der Waals surface area (Å²) in [5.41, 5.74) is 3.10. The van der Waals surface area contributed by atoms with Gasteiger partial charge >= 0.3 is 0 Å². The van der Waals surface area contributed by atoms with Crippen molar-refractivity contribution in [2.24, 2.45) is 0 Å². The van der Waals surface area contributed by atoms with Crippen molar-refractivity contribution in [3.8, 4) is 11.1 Å². The van der Waals surface area contributed by atoms with E-state index < -0.39 is 4.92 Å². The highest BCUT2D eigenvalue weighted by Gasteiger charge is 2.17. The van der Waals surface area contributed by atoms with E-state index in [4.69, 9.17) is 11.6 Å². The van der Waals surface area contributed by atoms with E-state index in [1.807, 2.05) is 36.6 Å². The lowest BCUT2D eigenvalue weighted by Crippen LogP contribution is -2.29. The van der Waals surface area contributed by atoms with Crippen LogP contribution in [-0.4, -0.2) is 32.3 Å². The number of benzene rings is 2. The number of aromatic nitrogens is 2. The molecule has 2 aromatic carbocycles. The molecule has 4 aromatic rings. The summed E-state index contributed by atoms with van der Waals surface area (Å²) in [5, 5.41) is 13.8. The summed E-state index contributed by atoms with van der Waals surface area (Å²) in [7, 11) is 1.59. The van der Waals surface area contributed by atoms with E-state index in [1.165, 1.54) is 45.3 Å². The fourth-order valence-corrected chi connectivity index (χ4v) is 4.70. The summed E-state index contributed by atoms with van der Waals surface area (Å²) in [6.07, 6.45) is 1.53. The molecular formula is C24H21ClN4O4S. The van der Waals surface area contributed by atoms with Crippen LogP contribution in [0.4, 0.5) is 5.69 Å². The molecule has 2 aromatic heterocycles. The lowest BCUT2D eigenvalue weighted by molar-refractivity contribution is -0.384. The normalized spacial score (nSPS) is 11.0. The third-order valence-corrected chi connectivity index (χ3v) is 6.82. The first-order valence-electron chi connectivity index (χ1n) is 10.4. The maximum atomic E-state index is 13.2. The summed E-state index contributed by atoms with van der Waals surface area (Å²) in [4.78, 5) is 42.9. The predicted octanol–water partition coefficient (Wildman–Crippen LogP) is 5.04. The Balaban J connectivity index is 1.50. The molecule has 2 heterocycles. The van der Waals surface area contributed by atoms with E-state index in [0.29, 0.717) is 20.8 Å². The predicted molar refractivity (Wildman–Crippen MR) is 133 cm³/mol. The maximum Gasteiger partial charge on any atom is 0.269 e. The quantitative estimate of drug-likeness (QED) is 0.263. The molecule has 4 rings (SSSR count). The van der Waals surface area contributed by atoms with Gasteiger partial charge in [-0.2, -0.15) is 0 Å². The van der Waals surface area contributed by atoms with Crippen molar-refractivity contribution in [3.05, 3.63) is 90.8 Å². The number of nitrogens with zero attached hydrogens (tertiary/aromatic N) is 4. The van der Waals surface area contributed by atoms with Crippen LogP contribution in [0.5, 0.6) is 0 Å². The summed E-state index contributed by atoms with van der Waals surface area (Å²) in [6, 6.07) is 12.1. The number of fused-ring (bicyclic) bond motifs is 1. The first-order chi connectivity index (χ1) is 16.2. The molecule has 0 saturated heterocycles. The number of rotatable bonds is 7. The van der Waals surface area contributed by atoms with Crippen molar-refractivity contribution in [3.63, 3.8) is 0 Å². The maximum absolute atomic E-state index is 13.2. The minimum Gasteiger partial charge on any atom is -0.341 e. The lowest BCUT2D eigenvalue weighted by atomic mass is 10.1. The zero-order valence-electron chi connectivity index (χ0n) is 18.5. The molecule has 0 radical (unpaired) electrons. The summed E-state index contributed by atoms with van der Waals surface area (Å²) >= 11 is 7.56. The highest BCUT2D eigenvalue weighted by molar-refractivity contribution is 7.17. The number of nitro benzene ring substituents is 1.